The van der Waals surface area contributed by atoms with Crippen molar-refractivity contribution in [3.8, 4) is 50.8 Å². The molecule has 0 saturated heterocycles. The summed E-state index contributed by atoms with van der Waals surface area (Å²) in [6, 6.07) is 81.9. The van der Waals surface area contributed by atoms with Crippen molar-refractivity contribution in [2.24, 2.45) is 0 Å². The second-order valence-corrected chi connectivity index (χ2v) is 16.9. The number of anilines is 3. The summed E-state index contributed by atoms with van der Waals surface area (Å²) < 4.78 is 7.56. The number of nitrogens with zero attached hydrogens (tertiary/aromatic N) is 4. The van der Waals surface area contributed by atoms with E-state index in [9.17, 15) is 0 Å². The smallest absolute Gasteiger partial charge is 0.251 e. The number of fused-ring (bicyclic) bond motifs is 4. The van der Waals surface area contributed by atoms with Gasteiger partial charge in [0.25, 0.3) is 6.71 Å². The highest BCUT2D eigenvalue weighted by atomic mass is 15.4. The lowest BCUT2D eigenvalue weighted by molar-refractivity contribution is 0.647. The Morgan fingerprint density at radius 1 is 0.387 bits per heavy atom. The zero-order chi connectivity index (χ0) is 41.4. The van der Waals surface area contributed by atoms with Crippen molar-refractivity contribution in [1.82, 2.24) is 13.7 Å². The summed E-state index contributed by atoms with van der Waals surface area (Å²) in [5.74, 6) is 3.33. The fraction of sp³-hybridized carbons (Fsp3) is 0.0526. The molecule has 5 heterocycles. The van der Waals surface area contributed by atoms with E-state index in [4.69, 9.17) is 0 Å². The van der Waals surface area contributed by atoms with E-state index in [-0.39, 0.29) is 12.1 Å². The van der Waals surface area contributed by atoms with Crippen LogP contribution in [0, 0.1) is 0 Å². The molecule has 2 aliphatic rings. The molecule has 294 valence electrons. The second-order valence-electron chi connectivity index (χ2n) is 16.9. The molecule has 0 radical (unpaired) electrons. The molecule has 12 rings (SSSR count). The standard InChI is InChI=1S/C57H43BN4/c1-57(2)46-35-21-22-36-47(46)58-48-39-50(41-25-11-4-12-26-41)60(44-31-17-7-18-32-44)55(48)62(51-38-37-49(40-23-9-3-10-24-40)59(51)43-29-15-6-16-30-43)56-53(58)52(57)54(42-27-13-5-14-28-42)61(56)45-33-19-8-20-34-45/h3-39H,1-2H3. The van der Waals surface area contributed by atoms with E-state index in [1.807, 2.05) is 0 Å². The van der Waals surface area contributed by atoms with Gasteiger partial charge in [-0.1, -0.05) is 189 Å². The highest BCUT2D eigenvalue weighted by Crippen LogP contribution is 2.51. The summed E-state index contributed by atoms with van der Waals surface area (Å²) in [4.78, 5) is 2.60. The summed E-state index contributed by atoms with van der Waals surface area (Å²) in [5.41, 5.74) is 16.7. The Balaban J connectivity index is 1.32. The van der Waals surface area contributed by atoms with Crippen LogP contribution < -0.4 is 21.3 Å². The van der Waals surface area contributed by atoms with Gasteiger partial charge >= 0.3 is 0 Å². The summed E-state index contributed by atoms with van der Waals surface area (Å²) in [5, 5.41) is 0. The maximum atomic E-state index is 2.60. The Labute approximate surface area is 363 Å². The molecular formula is C57H43BN4. The van der Waals surface area contributed by atoms with Crippen molar-refractivity contribution in [2.75, 3.05) is 4.90 Å². The summed E-state index contributed by atoms with van der Waals surface area (Å²) in [6.45, 7) is 4.82. The molecule has 7 aromatic carbocycles. The van der Waals surface area contributed by atoms with E-state index in [2.05, 4.69) is 257 Å². The van der Waals surface area contributed by atoms with E-state index in [1.165, 1.54) is 44.3 Å². The van der Waals surface area contributed by atoms with Crippen LogP contribution in [-0.4, -0.2) is 20.4 Å². The lowest BCUT2D eigenvalue weighted by atomic mass is 9.31. The van der Waals surface area contributed by atoms with E-state index in [0.29, 0.717) is 0 Å². The van der Waals surface area contributed by atoms with Gasteiger partial charge in [0.2, 0.25) is 0 Å². The Morgan fingerprint density at radius 2 is 0.855 bits per heavy atom. The van der Waals surface area contributed by atoms with Gasteiger partial charge < -0.3 is 0 Å². The fourth-order valence-corrected chi connectivity index (χ4v) is 10.6. The third-order valence-electron chi connectivity index (χ3n) is 13.1. The largest absolute Gasteiger partial charge is 0.296 e. The molecule has 0 fully saturated rings. The normalized spacial score (nSPS) is 13.4. The molecule has 0 aliphatic carbocycles. The van der Waals surface area contributed by atoms with Crippen molar-refractivity contribution in [1.29, 1.82) is 0 Å². The maximum absolute atomic E-state index is 2.60. The Bertz CT molecular complexity index is 3240. The van der Waals surface area contributed by atoms with Gasteiger partial charge in [-0.2, -0.15) is 0 Å². The fourth-order valence-electron chi connectivity index (χ4n) is 10.6. The van der Waals surface area contributed by atoms with E-state index >= 15 is 0 Å². The molecule has 0 spiro atoms. The molecule has 4 nitrogen and oxygen atoms in total. The van der Waals surface area contributed by atoms with Crippen LogP contribution in [-0.2, 0) is 5.41 Å². The molecule has 0 atom stereocenters. The number of hydrogen-bond acceptors (Lipinski definition) is 1. The minimum Gasteiger partial charge on any atom is -0.296 e. The Hall–Kier alpha value is -7.76. The van der Waals surface area contributed by atoms with Crippen LogP contribution in [0.3, 0.4) is 0 Å². The zero-order valence-corrected chi connectivity index (χ0v) is 34.7. The van der Waals surface area contributed by atoms with E-state index < -0.39 is 0 Å². The quantitative estimate of drug-likeness (QED) is 0.147. The van der Waals surface area contributed by atoms with Crippen molar-refractivity contribution < 1.29 is 0 Å². The van der Waals surface area contributed by atoms with Crippen LogP contribution in [0.1, 0.15) is 25.0 Å². The first-order valence-electron chi connectivity index (χ1n) is 21.6. The number of hydrogen-bond donors (Lipinski definition) is 0. The van der Waals surface area contributed by atoms with Crippen LogP contribution >= 0.6 is 0 Å². The van der Waals surface area contributed by atoms with Crippen LogP contribution in [0.2, 0.25) is 0 Å². The highest BCUT2D eigenvalue weighted by Gasteiger charge is 2.52. The summed E-state index contributed by atoms with van der Waals surface area (Å²) in [6.07, 6.45) is 0. The van der Waals surface area contributed by atoms with Crippen LogP contribution in [0.5, 0.6) is 0 Å². The molecule has 0 bridgehead atoms. The third kappa shape index (κ3) is 5.34. The lowest BCUT2D eigenvalue weighted by Crippen LogP contribution is -2.63. The van der Waals surface area contributed by atoms with Crippen LogP contribution in [0.15, 0.2) is 224 Å². The number of rotatable bonds is 7. The first-order chi connectivity index (χ1) is 30.6. The SMILES string of the molecule is CC1(C)c2ccccc2B2c3cc(-c4ccccc4)n(-c4ccccc4)c3N(c3ccc(-c4ccccc4)n3-c3ccccc3)c3c2c1c(-c1ccccc1)n3-c1ccccc1. The Kier molecular flexibility index (Phi) is 8.26. The first-order valence-corrected chi connectivity index (χ1v) is 21.6. The zero-order valence-electron chi connectivity index (χ0n) is 34.7. The van der Waals surface area contributed by atoms with Crippen molar-refractivity contribution in [3.05, 3.63) is 236 Å². The van der Waals surface area contributed by atoms with Gasteiger partial charge in [0.05, 0.1) is 17.1 Å². The van der Waals surface area contributed by atoms with Gasteiger partial charge in [0.15, 0.2) is 0 Å². The molecule has 5 heteroatoms. The van der Waals surface area contributed by atoms with Gasteiger partial charge in [-0.15, -0.1) is 0 Å². The van der Waals surface area contributed by atoms with E-state index in [0.717, 1.165) is 51.5 Å². The predicted octanol–water partition coefficient (Wildman–Crippen LogP) is 12.0. The minimum atomic E-state index is -0.341. The average molecular weight is 795 g/mol. The monoisotopic (exact) mass is 794 g/mol. The van der Waals surface area contributed by atoms with E-state index in [1.54, 1.807) is 0 Å². The topological polar surface area (TPSA) is 18.0 Å². The van der Waals surface area contributed by atoms with Crippen LogP contribution in [0.25, 0.3) is 50.8 Å². The van der Waals surface area contributed by atoms with Gasteiger partial charge in [0, 0.05) is 22.5 Å². The van der Waals surface area contributed by atoms with Crippen molar-refractivity contribution >= 4 is 40.6 Å². The first kappa shape index (κ1) is 36.1. The summed E-state index contributed by atoms with van der Waals surface area (Å²) >= 11 is 0. The number of para-hydroxylation sites is 3. The number of benzene rings is 7. The molecule has 0 N–H and O–H groups in total. The van der Waals surface area contributed by atoms with Crippen LogP contribution in [0.4, 0.5) is 17.5 Å². The second kappa shape index (κ2) is 14.2. The molecule has 3 aromatic heterocycles. The molecule has 0 amide bonds. The Morgan fingerprint density at radius 3 is 1.44 bits per heavy atom. The third-order valence-corrected chi connectivity index (χ3v) is 13.1. The average Bonchev–Trinajstić information content (AvgIpc) is 4.06. The van der Waals surface area contributed by atoms with Gasteiger partial charge in [0.1, 0.15) is 17.5 Å². The lowest BCUT2D eigenvalue weighted by Gasteiger charge is -2.42. The summed E-state index contributed by atoms with van der Waals surface area (Å²) in [7, 11) is 0. The predicted molar refractivity (Wildman–Crippen MR) is 259 cm³/mol. The van der Waals surface area contributed by atoms with Gasteiger partial charge in [-0.05, 0) is 93.3 Å². The minimum absolute atomic E-state index is 0.0518. The van der Waals surface area contributed by atoms with Crippen molar-refractivity contribution in [3.63, 3.8) is 0 Å². The molecule has 0 unspecified atom stereocenters. The molecular weight excluding hydrogens is 751 g/mol. The van der Waals surface area contributed by atoms with Crippen molar-refractivity contribution in [2.45, 2.75) is 19.3 Å². The molecule has 0 saturated carbocycles. The van der Waals surface area contributed by atoms with Gasteiger partial charge in [-0.3, -0.25) is 18.6 Å². The van der Waals surface area contributed by atoms with Gasteiger partial charge in [-0.25, -0.2) is 0 Å². The number of aromatic nitrogens is 3. The molecule has 62 heavy (non-hydrogen) atoms. The highest BCUT2D eigenvalue weighted by molar-refractivity contribution is 6.99. The molecule has 2 aliphatic heterocycles. The molecule has 10 aromatic rings. The maximum Gasteiger partial charge on any atom is 0.251 e.